The molecule has 2 amide bonds. The fraction of sp³-hybridized carbons (Fsp3) is 0.393. The first-order valence-electron chi connectivity index (χ1n) is 12.1. The summed E-state index contributed by atoms with van der Waals surface area (Å²) in [7, 11) is 3.26. The maximum absolute atomic E-state index is 13.4. The van der Waals surface area contributed by atoms with Crippen LogP contribution in [0.2, 0.25) is 0 Å². The number of H-pyrrole nitrogens is 1. The lowest BCUT2D eigenvalue weighted by Gasteiger charge is -2.21. The lowest BCUT2D eigenvalue weighted by atomic mass is 9.95. The van der Waals surface area contributed by atoms with Crippen LogP contribution in [-0.2, 0) is 4.79 Å². The monoisotopic (exact) mass is 474 g/mol. The quantitative estimate of drug-likeness (QED) is 0.597. The summed E-state index contributed by atoms with van der Waals surface area (Å²) < 4.78 is 10.9. The highest BCUT2D eigenvalue weighted by atomic mass is 16.5. The molecule has 2 aromatic carbocycles. The van der Waals surface area contributed by atoms with E-state index in [1.807, 2.05) is 41.3 Å². The molecule has 2 atom stereocenters. The summed E-state index contributed by atoms with van der Waals surface area (Å²) >= 11 is 0. The Morgan fingerprint density at radius 2 is 1.60 bits per heavy atom. The number of methoxy groups -OCH3 is 2. The van der Waals surface area contributed by atoms with Gasteiger partial charge in [-0.2, -0.15) is 0 Å². The van der Waals surface area contributed by atoms with E-state index in [0.29, 0.717) is 55.1 Å². The van der Waals surface area contributed by atoms with E-state index in [4.69, 9.17) is 9.47 Å². The minimum absolute atomic E-state index is 0.0531. The van der Waals surface area contributed by atoms with Crippen LogP contribution in [0.1, 0.15) is 35.7 Å². The van der Waals surface area contributed by atoms with E-state index in [-0.39, 0.29) is 17.7 Å². The zero-order valence-electron chi connectivity index (χ0n) is 20.8. The van der Waals surface area contributed by atoms with Gasteiger partial charge in [-0.25, -0.2) is 0 Å². The second-order valence-corrected chi connectivity index (χ2v) is 9.93. The molecule has 1 radical (unpaired) electrons. The van der Waals surface area contributed by atoms with Crippen LogP contribution < -0.4 is 9.47 Å². The molecule has 3 aromatic rings. The van der Waals surface area contributed by atoms with Crippen LogP contribution in [0, 0.1) is 18.8 Å². The number of fused-ring (bicyclic) bond motifs is 2. The van der Waals surface area contributed by atoms with Crippen molar-refractivity contribution in [2.45, 2.75) is 19.8 Å². The molecule has 0 spiro atoms. The van der Waals surface area contributed by atoms with Gasteiger partial charge in [0.05, 0.1) is 19.9 Å². The minimum atomic E-state index is -0.123. The van der Waals surface area contributed by atoms with E-state index >= 15 is 0 Å². The fourth-order valence-electron chi connectivity index (χ4n) is 5.71. The van der Waals surface area contributed by atoms with Crippen molar-refractivity contribution in [3.63, 3.8) is 0 Å². The second-order valence-electron chi connectivity index (χ2n) is 9.93. The number of amides is 2. The summed E-state index contributed by atoms with van der Waals surface area (Å²) in [4.78, 5) is 32.4. The topological polar surface area (TPSA) is 74.9 Å². The number of benzene rings is 2. The van der Waals surface area contributed by atoms with Crippen molar-refractivity contribution in [1.82, 2.24) is 14.8 Å². The molecule has 7 nitrogen and oxygen atoms in total. The number of carbonyl (C=O) groups is 2. The third-order valence-corrected chi connectivity index (χ3v) is 7.46. The van der Waals surface area contributed by atoms with Gasteiger partial charge in [0.25, 0.3) is 5.91 Å². The Morgan fingerprint density at radius 1 is 0.943 bits per heavy atom. The molecule has 2 unspecified atom stereocenters. The minimum Gasteiger partial charge on any atom is -0.493 e. The Bertz CT molecular complexity index is 1280. The first-order valence-corrected chi connectivity index (χ1v) is 12.1. The number of rotatable bonds is 5. The zero-order valence-corrected chi connectivity index (χ0v) is 20.8. The molecule has 3 heterocycles. The van der Waals surface area contributed by atoms with Gasteiger partial charge in [0.1, 0.15) is 0 Å². The number of nitrogens with zero attached hydrogens (tertiary/aromatic N) is 2. The first-order chi connectivity index (χ1) is 16.8. The van der Waals surface area contributed by atoms with Gasteiger partial charge < -0.3 is 24.3 Å². The third-order valence-electron chi connectivity index (χ3n) is 7.46. The SMILES string of the molecule is [CH2]C(=O)N1CC2CN(C(=O)c3ccc4[nH]c(-c5ccc(OC)c(OC)c5)c(C(C)C)c4c3)CC2C1. The first kappa shape index (κ1) is 23.3. The Labute approximate surface area is 206 Å². The van der Waals surface area contributed by atoms with Crippen LogP contribution in [0.25, 0.3) is 22.2 Å². The molecule has 2 aliphatic rings. The number of hydrogen-bond acceptors (Lipinski definition) is 4. The van der Waals surface area contributed by atoms with Crippen LogP contribution >= 0.6 is 0 Å². The Hall–Kier alpha value is -3.48. The molecular weight excluding hydrogens is 442 g/mol. The normalized spacial score (nSPS) is 19.5. The molecule has 0 aliphatic carbocycles. The molecule has 7 heteroatoms. The summed E-state index contributed by atoms with van der Waals surface area (Å²) in [6.45, 7) is 10.6. The lowest BCUT2D eigenvalue weighted by Crippen LogP contribution is -2.34. The lowest BCUT2D eigenvalue weighted by molar-refractivity contribution is -0.125. The fourth-order valence-corrected chi connectivity index (χ4v) is 5.71. The number of carbonyl (C=O) groups excluding carboxylic acids is 2. The van der Waals surface area contributed by atoms with E-state index in [1.54, 1.807) is 19.1 Å². The summed E-state index contributed by atoms with van der Waals surface area (Å²) in [6.07, 6.45) is 0. The van der Waals surface area contributed by atoms with Crippen molar-refractivity contribution in [2.24, 2.45) is 11.8 Å². The van der Waals surface area contributed by atoms with Crippen LogP contribution in [0.15, 0.2) is 36.4 Å². The van der Waals surface area contributed by atoms with Gasteiger partial charge in [-0.15, -0.1) is 0 Å². The van der Waals surface area contributed by atoms with Crippen molar-refractivity contribution < 1.29 is 19.1 Å². The standard InChI is InChI=1S/C28H32N3O4/c1-16(2)26-22-10-19(28(33)31-14-20-12-30(17(3)32)13-21(20)15-31)6-8-23(22)29-27(26)18-7-9-24(34-4)25(11-18)35-5/h6-11,16,20-21,29H,3,12-15H2,1-2,4-5H3. The van der Waals surface area contributed by atoms with Crippen LogP contribution in [-0.4, -0.2) is 67.0 Å². The van der Waals surface area contributed by atoms with Gasteiger partial charge in [0, 0.05) is 67.0 Å². The largest absolute Gasteiger partial charge is 0.493 e. The third kappa shape index (κ3) is 4.03. The summed E-state index contributed by atoms with van der Waals surface area (Å²) in [6, 6.07) is 11.8. The van der Waals surface area contributed by atoms with Crippen LogP contribution in [0.5, 0.6) is 11.5 Å². The van der Waals surface area contributed by atoms with E-state index in [9.17, 15) is 9.59 Å². The molecule has 2 saturated heterocycles. The highest BCUT2D eigenvalue weighted by molar-refractivity contribution is 6.01. The number of aromatic amines is 1. The van der Waals surface area contributed by atoms with Gasteiger partial charge in [-0.1, -0.05) is 13.8 Å². The summed E-state index contributed by atoms with van der Waals surface area (Å²) in [5.74, 6) is 2.21. The second kappa shape index (κ2) is 8.95. The summed E-state index contributed by atoms with van der Waals surface area (Å²) in [5.41, 5.74) is 4.89. The average Bonchev–Trinajstić information content (AvgIpc) is 3.54. The number of likely N-dealkylation sites (tertiary alicyclic amines) is 2. The van der Waals surface area contributed by atoms with E-state index < -0.39 is 0 Å². The summed E-state index contributed by atoms with van der Waals surface area (Å²) in [5, 5.41) is 1.06. The van der Waals surface area contributed by atoms with Crippen molar-refractivity contribution in [2.75, 3.05) is 40.4 Å². The highest BCUT2D eigenvalue weighted by Gasteiger charge is 2.42. The predicted molar refractivity (Wildman–Crippen MR) is 136 cm³/mol. The Kier molecular flexibility index (Phi) is 5.95. The number of hydrogen-bond donors (Lipinski definition) is 1. The highest BCUT2D eigenvalue weighted by Crippen LogP contribution is 2.39. The van der Waals surface area contributed by atoms with E-state index in [1.165, 1.54) is 5.56 Å². The maximum Gasteiger partial charge on any atom is 0.253 e. The van der Waals surface area contributed by atoms with Crippen molar-refractivity contribution in [1.29, 1.82) is 0 Å². The number of nitrogens with one attached hydrogen (secondary N) is 1. The molecule has 2 fully saturated rings. The van der Waals surface area contributed by atoms with E-state index in [2.05, 4.69) is 25.8 Å². The molecule has 1 N–H and O–H groups in total. The molecule has 5 rings (SSSR count). The molecule has 183 valence electrons. The molecule has 0 saturated carbocycles. The van der Waals surface area contributed by atoms with Gasteiger partial charge >= 0.3 is 0 Å². The van der Waals surface area contributed by atoms with Crippen molar-refractivity contribution >= 4 is 22.7 Å². The molecule has 1 aromatic heterocycles. The maximum atomic E-state index is 13.4. The molecule has 2 aliphatic heterocycles. The van der Waals surface area contributed by atoms with Gasteiger partial charge in [0.2, 0.25) is 5.91 Å². The molecule has 0 bridgehead atoms. The predicted octanol–water partition coefficient (Wildman–Crippen LogP) is 4.34. The smallest absolute Gasteiger partial charge is 0.253 e. The van der Waals surface area contributed by atoms with E-state index in [0.717, 1.165) is 22.2 Å². The average molecular weight is 475 g/mol. The van der Waals surface area contributed by atoms with Crippen LogP contribution in [0.4, 0.5) is 0 Å². The Morgan fingerprint density at radius 3 is 2.20 bits per heavy atom. The van der Waals surface area contributed by atoms with Crippen LogP contribution in [0.3, 0.4) is 0 Å². The van der Waals surface area contributed by atoms with Gasteiger partial charge in [-0.3, -0.25) is 9.59 Å². The molecule has 35 heavy (non-hydrogen) atoms. The number of ether oxygens (including phenoxy) is 2. The van der Waals surface area contributed by atoms with Crippen molar-refractivity contribution in [3.05, 3.63) is 54.4 Å². The Balaban J connectivity index is 1.46. The van der Waals surface area contributed by atoms with Gasteiger partial charge in [0.15, 0.2) is 11.5 Å². The molecular formula is C28H32N3O4. The number of aromatic nitrogens is 1. The van der Waals surface area contributed by atoms with Crippen molar-refractivity contribution in [3.8, 4) is 22.8 Å². The zero-order chi connectivity index (χ0) is 24.9. The van der Waals surface area contributed by atoms with Gasteiger partial charge in [-0.05, 0) is 47.9 Å².